The maximum Gasteiger partial charge on any atom is 0.257 e. The van der Waals surface area contributed by atoms with E-state index in [2.05, 4.69) is 20.4 Å². The monoisotopic (exact) mass is 443 g/mol. The Bertz CT molecular complexity index is 1300. The summed E-state index contributed by atoms with van der Waals surface area (Å²) in [5.74, 6) is 0.688. The Hall–Kier alpha value is -4.20. The van der Waals surface area contributed by atoms with Gasteiger partial charge in [0.25, 0.3) is 11.8 Å². The summed E-state index contributed by atoms with van der Waals surface area (Å²) in [6.07, 6.45) is 7.23. The number of carbonyl (C=O) groups is 1. The van der Waals surface area contributed by atoms with Crippen LogP contribution in [-0.2, 0) is 13.6 Å². The molecule has 4 rings (SSSR count). The average molecular weight is 444 g/mol. The third-order valence-corrected chi connectivity index (χ3v) is 5.21. The zero-order valence-electron chi connectivity index (χ0n) is 19.0. The second-order valence-corrected chi connectivity index (χ2v) is 7.61. The van der Waals surface area contributed by atoms with Crippen LogP contribution in [0.4, 0.5) is 0 Å². The third kappa shape index (κ3) is 4.85. The van der Waals surface area contributed by atoms with Gasteiger partial charge in [-0.05, 0) is 47.9 Å². The summed E-state index contributed by atoms with van der Waals surface area (Å²) < 4.78 is 12.2. The highest BCUT2D eigenvalue weighted by Gasteiger charge is 2.16. The lowest BCUT2D eigenvalue weighted by Gasteiger charge is -2.13. The van der Waals surface area contributed by atoms with Crippen molar-refractivity contribution in [3.8, 4) is 33.9 Å². The molecular formula is C25H25N5O3. The van der Waals surface area contributed by atoms with Gasteiger partial charge < -0.3 is 14.8 Å². The third-order valence-electron chi connectivity index (χ3n) is 5.21. The van der Waals surface area contributed by atoms with E-state index in [-0.39, 0.29) is 12.5 Å². The Balaban J connectivity index is 1.66. The van der Waals surface area contributed by atoms with Gasteiger partial charge in [0.1, 0.15) is 0 Å². The van der Waals surface area contributed by atoms with E-state index in [9.17, 15) is 4.79 Å². The first-order chi connectivity index (χ1) is 16.0. The smallest absolute Gasteiger partial charge is 0.257 e. The molecule has 1 amide bonds. The molecule has 3 heterocycles. The van der Waals surface area contributed by atoms with Crippen molar-refractivity contribution in [2.45, 2.75) is 13.5 Å². The van der Waals surface area contributed by atoms with Gasteiger partial charge in [0, 0.05) is 42.3 Å². The summed E-state index contributed by atoms with van der Waals surface area (Å²) in [5, 5.41) is 7.22. The van der Waals surface area contributed by atoms with Gasteiger partial charge in [0.05, 0.1) is 32.7 Å². The molecule has 0 fully saturated rings. The molecule has 0 saturated carbocycles. The van der Waals surface area contributed by atoms with Gasteiger partial charge in [-0.15, -0.1) is 0 Å². The number of amides is 1. The van der Waals surface area contributed by atoms with Crippen LogP contribution in [-0.4, -0.2) is 39.9 Å². The molecule has 0 aliphatic rings. The summed E-state index contributed by atoms with van der Waals surface area (Å²) in [6.45, 7) is 2.23. The van der Waals surface area contributed by atoms with Crippen molar-refractivity contribution in [3.05, 3.63) is 78.0 Å². The first-order valence-corrected chi connectivity index (χ1v) is 10.4. The summed E-state index contributed by atoms with van der Waals surface area (Å²) >= 11 is 0. The Morgan fingerprint density at radius 3 is 2.55 bits per heavy atom. The zero-order valence-corrected chi connectivity index (χ0v) is 19.0. The highest BCUT2D eigenvalue weighted by atomic mass is 16.5. The fourth-order valence-corrected chi connectivity index (χ4v) is 3.57. The normalized spacial score (nSPS) is 10.7. The lowest BCUT2D eigenvalue weighted by Crippen LogP contribution is -2.24. The quantitative estimate of drug-likeness (QED) is 0.467. The summed E-state index contributed by atoms with van der Waals surface area (Å²) in [7, 11) is 4.93. The number of nitrogens with one attached hydrogen (secondary N) is 1. The number of benzene rings is 1. The summed E-state index contributed by atoms with van der Waals surface area (Å²) in [5.41, 5.74) is 5.77. The standard InChI is InChI=1S/C25H25N5O3/c1-16-9-18(12-26-11-16)17-5-7-21(19-13-28-30(2)15-19)22(10-17)24(31)27-14-20-6-8-23(32-3)25(29-20)33-4/h5-13,15H,14H2,1-4H3,(H,27,31). The van der Waals surface area contributed by atoms with Crippen molar-refractivity contribution in [2.24, 2.45) is 7.05 Å². The van der Waals surface area contributed by atoms with Crippen molar-refractivity contribution in [3.63, 3.8) is 0 Å². The van der Waals surface area contributed by atoms with E-state index in [1.54, 1.807) is 42.5 Å². The van der Waals surface area contributed by atoms with Crippen molar-refractivity contribution >= 4 is 5.91 Å². The highest BCUT2D eigenvalue weighted by molar-refractivity contribution is 6.02. The molecule has 0 unspecified atom stereocenters. The van der Waals surface area contributed by atoms with E-state index in [1.807, 2.05) is 44.4 Å². The first-order valence-electron chi connectivity index (χ1n) is 10.4. The minimum absolute atomic E-state index is 0.215. The van der Waals surface area contributed by atoms with E-state index in [0.717, 1.165) is 27.8 Å². The molecule has 0 aliphatic heterocycles. The number of methoxy groups -OCH3 is 2. The highest BCUT2D eigenvalue weighted by Crippen LogP contribution is 2.29. The molecule has 0 atom stereocenters. The SMILES string of the molecule is COc1ccc(CNC(=O)c2cc(-c3cncc(C)c3)ccc2-c2cnn(C)c2)nc1OC. The predicted molar refractivity (Wildman–Crippen MR) is 125 cm³/mol. The maximum absolute atomic E-state index is 13.3. The van der Waals surface area contributed by atoms with Gasteiger partial charge in [-0.2, -0.15) is 5.10 Å². The molecule has 0 bridgehead atoms. The molecule has 0 saturated heterocycles. The zero-order chi connectivity index (χ0) is 23.4. The molecule has 8 heteroatoms. The maximum atomic E-state index is 13.3. The van der Waals surface area contributed by atoms with Crippen LogP contribution in [0.15, 0.2) is 61.2 Å². The molecule has 8 nitrogen and oxygen atoms in total. The second-order valence-electron chi connectivity index (χ2n) is 7.61. The minimum Gasteiger partial charge on any atom is -0.491 e. The largest absolute Gasteiger partial charge is 0.491 e. The lowest BCUT2D eigenvalue weighted by molar-refractivity contribution is 0.0951. The number of rotatable bonds is 7. The van der Waals surface area contributed by atoms with Crippen molar-refractivity contribution < 1.29 is 14.3 Å². The van der Waals surface area contributed by atoms with Gasteiger partial charge >= 0.3 is 0 Å². The van der Waals surface area contributed by atoms with Gasteiger partial charge in [-0.25, -0.2) is 4.98 Å². The molecule has 1 N–H and O–H groups in total. The molecule has 0 radical (unpaired) electrons. The minimum atomic E-state index is -0.215. The van der Waals surface area contributed by atoms with E-state index in [4.69, 9.17) is 9.47 Å². The summed E-state index contributed by atoms with van der Waals surface area (Å²) in [4.78, 5) is 22.0. The second kappa shape index (κ2) is 9.52. The van der Waals surface area contributed by atoms with Crippen LogP contribution in [0.1, 0.15) is 21.6 Å². The van der Waals surface area contributed by atoms with Crippen molar-refractivity contribution in [1.29, 1.82) is 0 Å². The van der Waals surface area contributed by atoms with Gasteiger partial charge in [-0.3, -0.25) is 14.5 Å². The van der Waals surface area contributed by atoms with Crippen LogP contribution in [0.25, 0.3) is 22.3 Å². The number of hydrogen-bond acceptors (Lipinski definition) is 6. The van der Waals surface area contributed by atoms with Crippen LogP contribution in [0.3, 0.4) is 0 Å². The number of hydrogen-bond donors (Lipinski definition) is 1. The van der Waals surface area contributed by atoms with E-state index in [0.29, 0.717) is 22.9 Å². The van der Waals surface area contributed by atoms with Crippen LogP contribution in [0.5, 0.6) is 11.6 Å². The number of carbonyl (C=O) groups excluding carboxylic acids is 1. The number of nitrogens with zero attached hydrogens (tertiary/aromatic N) is 4. The van der Waals surface area contributed by atoms with E-state index in [1.165, 1.54) is 7.11 Å². The fourth-order valence-electron chi connectivity index (χ4n) is 3.57. The summed E-state index contributed by atoms with van der Waals surface area (Å²) in [6, 6.07) is 11.4. The molecule has 33 heavy (non-hydrogen) atoms. The van der Waals surface area contributed by atoms with Crippen LogP contribution in [0.2, 0.25) is 0 Å². The fraction of sp³-hybridized carbons (Fsp3) is 0.200. The number of aryl methyl sites for hydroxylation is 2. The Morgan fingerprint density at radius 1 is 1.00 bits per heavy atom. The molecule has 1 aromatic carbocycles. The number of pyridine rings is 2. The topological polar surface area (TPSA) is 91.2 Å². The Kier molecular flexibility index (Phi) is 6.35. The van der Waals surface area contributed by atoms with Crippen LogP contribution < -0.4 is 14.8 Å². The van der Waals surface area contributed by atoms with E-state index < -0.39 is 0 Å². The van der Waals surface area contributed by atoms with Gasteiger partial charge in [-0.1, -0.05) is 12.1 Å². The number of aromatic nitrogens is 4. The van der Waals surface area contributed by atoms with Gasteiger partial charge in [0.2, 0.25) is 0 Å². The number of ether oxygens (including phenoxy) is 2. The Morgan fingerprint density at radius 2 is 1.85 bits per heavy atom. The molecule has 3 aromatic heterocycles. The molecular weight excluding hydrogens is 418 g/mol. The van der Waals surface area contributed by atoms with Crippen molar-refractivity contribution in [2.75, 3.05) is 14.2 Å². The molecule has 0 aliphatic carbocycles. The molecule has 4 aromatic rings. The van der Waals surface area contributed by atoms with E-state index >= 15 is 0 Å². The Labute approximate surface area is 192 Å². The first kappa shape index (κ1) is 22.0. The van der Waals surface area contributed by atoms with Crippen LogP contribution in [0, 0.1) is 6.92 Å². The van der Waals surface area contributed by atoms with Crippen LogP contribution >= 0.6 is 0 Å². The van der Waals surface area contributed by atoms with Gasteiger partial charge in [0.15, 0.2) is 5.75 Å². The molecule has 168 valence electrons. The lowest BCUT2D eigenvalue weighted by atomic mass is 9.96. The molecule has 0 spiro atoms. The predicted octanol–water partition coefficient (Wildman–Crippen LogP) is 3.80. The average Bonchev–Trinajstić information content (AvgIpc) is 3.28. The van der Waals surface area contributed by atoms with Crippen molar-refractivity contribution in [1.82, 2.24) is 25.1 Å².